The van der Waals surface area contributed by atoms with Crippen LogP contribution in [0.3, 0.4) is 0 Å². The molecule has 0 aliphatic heterocycles. The Balaban J connectivity index is 2.24. The average molecular weight is 334 g/mol. The van der Waals surface area contributed by atoms with Crippen LogP contribution in [0.5, 0.6) is 11.5 Å². The SMILES string of the molecule is CCOc1ccc(CC(CN)c2ccccc2Cl)cc1OCC. The van der Waals surface area contributed by atoms with E-state index < -0.39 is 0 Å². The van der Waals surface area contributed by atoms with E-state index in [0.717, 1.165) is 34.1 Å². The van der Waals surface area contributed by atoms with E-state index >= 15 is 0 Å². The van der Waals surface area contributed by atoms with Crippen LogP contribution in [0.4, 0.5) is 0 Å². The van der Waals surface area contributed by atoms with Gasteiger partial charge in [0, 0.05) is 10.9 Å². The Morgan fingerprint density at radius 1 is 1.00 bits per heavy atom. The molecule has 0 heterocycles. The fourth-order valence-corrected chi connectivity index (χ4v) is 2.92. The lowest BCUT2D eigenvalue weighted by atomic mass is 9.92. The van der Waals surface area contributed by atoms with Crippen molar-refractivity contribution in [3.8, 4) is 11.5 Å². The normalized spacial score (nSPS) is 12.0. The molecule has 0 bridgehead atoms. The highest BCUT2D eigenvalue weighted by molar-refractivity contribution is 6.31. The Bertz CT molecular complexity index is 631. The first-order valence-electron chi connectivity index (χ1n) is 8.02. The molecule has 23 heavy (non-hydrogen) atoms. The largest absolute Gasteiger partial charge is 0.490 e. The number of nitrogens with two attached hydrogens (primary N) is 1. The van der Waals surface area contributed by atoms with E-state index in [1.807, 2.05) is 50.2 Å². The zero-order valence-electron chi connectivity index (χ0n) is 13.7. The highest BCUT2D eigenvalue weighted by Crippen LogP contribution is 2.32. The Morgan fingerprint density at radius 2 is 1.70 bits per heavy atom. The molecular weight excluding hydrogens is 310 g/mol. The average Bonchev–Trinajstić information content (AvgIpc) is 2.56. The summed E-state index contributed by atoms with van der Waals surface area (Å²) < 4.78 is 11.3. The van der Waals surface area contributed by atoms with E-state index in [0.29, 0.717) is 19.8 Å². The summed E-state index contributed by atoms with van der Waals surface area (Å²) in [5, 5.41) is 0.763. The minimum atomic E-state index is 0.177. The Morgan fingerprint density at radius 3 is 2.35 bits per heavy atom. The molecule has 0 aliphatic carbocycles. The molecule has 2 aromatic carbocycles. The Kier molecular flexibility index (Phi) is 6.75. The predicted molar refractivity (Wildman–Crippen MR) is 95.7 cm³/mol. The van der Waals surface area contributed by atoms with E-state index in [4.69, 9.17) is 26.8 Å². The molecule has 2 aromatic rings. The molecule has 0 fully saturated rings. The summed E-state index contributed by atoms with van der Waals surface area (Å²) in [7, 11) is 0. The van der Waals surface area contributed by atoms with Crippen molar-refractivity contribution in [3.05, 3.63) is 58.6 Å². The molecule has 0 spiro atoms. The van der Waals surface area contributed by atoms with Crippen molar-refractivity contribution in [2.24, 2.45) is 5.73 Å². The Labute approximate surface area is 143 Å². The van der Waals surface area contributed by atoms with Gasteiger partial charge < -0.3 is 15.2 Å². The highest BCUT2D eigenvalue weighted by Gasteiger charge is 2.15. The van der Waals surface area contributed by atoms with E-state index in [2.05, 4.69) is 6.07 Å². The number of ether oxygens (including phenoxy) is 2. The molecule has 2 N–H and O–H groups in total. The van der Waals surface area contributed by atoms with Crippen LogP contribution in [0, 0.1) is 0 Å². The summed E-state index contributed by atoms with van der Waals surface area (Å²) in [6.45, 7) is 5.69. The van der Waals surface area contributed by atoms with Crippen LogP contribution in [-0.4, -0.2) is 19.8 Å². The molecule has 0 aromatic heterocycles. The number of halogens is 1. The summed E-state index contributed by atoms with van der Waals surface area (Å²) in [5.74, 6) is 1.73. The first-order valence-corrected chi connectivity index (χ1v) is 8.40. The standard InChI is InChI=1S/C19H24ClNO2/c1-3-22-18-10-9-14(12-19(18)23-4-2)11-15(13-21)16-7-5-6-8-17(16)20/h5-10,12,15H,3-4,11,13,21H2,1-2H3. The van der Waals surface area contributed by atoms with Crippen LogP contribution in [0.1, 0.15) is 30.9 Å². The third-order valence-electron chi connectivity index (χ3n) is 3.72. The van der Waals surface area contributed by atoms with Crippen molar-refractivity contribution in [3.63, 3.8) is 0 Å². The molecule has 0 amide bonds. The number of rotatable bonds is 8. The third kappa shape index (κ3) is 4.63. The fourth-order valence-electron chi connectivity index (χ4n) is 2.63. The second-order valence-corrected chi connectivity index (χ2v) is 5.71. The summed E-state index contributed by atoms with van der Waals surface area (Å²) >= 11 is 6.31. The van der Waals surface area contributed by atoms with E-state index in [-0.39, 0.29) is 5.92 Å². The minimum Gasteiger partial charge on any atom is -0.490 e. The predicted octanol–water partition coefficient (Wildman–Crippen LogP) is 4.42. The molecule has 124 valence electrons. The second-order valence-electron chi connectivity index (χ2n) is 5.31. The first kappa shape index (κ1) is 17.6. The van der Waals surface area contributed by atoms with E-state index in [1.54, 1.807) is 0 Å². The highest BCUT2D eigenvalue weighted by atomic mass is 35.5. The van der Waals surface area contributed by atoms with Crippen molar-refractivity contribution < 1.29 is 9.47 Å². The maximum atomic E-state index is 6.31. The van der Waals surface area contributed by atoms with Gasteiger partial charge >= 0.3 is 0 Å². The van der Waals surface area contributed by atoms with Crippen LogP contribution in [-0.2, 0) is 6.42 Å². The van der Waals surface area contributed by atoms with Gasteiger partial charge in [0.15, 0.2) is 11.5 Å². The van der Waals surface area contributed by atoms with Crippen molar-refractivity contribution >= 4 is 11.6 Å². The molecule has 0 saturated heterocycles. The molecule has 0 saturated carbocycles. The lowest BCUT2D eigenvalue weighted by Crippen LogP contribution is -2.15. The molecule has 4 heteroatoms. The van der Waals surface area contributed by atoms with Gasteiger partial charge in [-0.15, -0.1) is 0 Å². The van der Waals surface area contributed by atoms with Crippen LogP contribution in [0.2, 0.25) is 5.02 Å². The van der Waals surface area contributed by atoms with Crippen molar-refractivity contribution in [2.75, 3.05) is 19.8 Å². The third-order valence-corrected chi connectivity index (χ3v) is 4.06. The topological polar surface area (TPSA) is 44.5 Å². The lowest BCUT2D eigenvalue weighted by Gasteiger charge is -2.18. The van der Waals surface area contributed by atoms with Gasteiger partial charge in [0.2, 0.25) is 0 Å². The van der Waals surface area contributed by atoms with Gasteiger partial charge in [-0.05, 0) is 56.1 Å². The van der Waals surface area contributed by atoms with Crippen LogP contribution in [0.25, 0.3) is 0 Å². The smallest absolute Gasteiger partial charge is 0.161 e. The fraction of sp³-hybridized carbons (Fsp3) is 0.368. The molecule has 1 unspecified atom stereocenters. The van der Waals surface area contributed by atoms with E-state index in [1.165, 1.54) is 0 Å². The van der Waals surface area contributed by atoms with Gasteiger partial charge in [-0.3, -0.25) is 0 Å². The Hall–Kier alpha value is -1.71. The minimum absolute atomic E-state index is 0.177. The van der Waals surface area contributed by atoms with Gasteiger partial charge in [0.25, 0.3) is 0 Å². The van der Waals surface area contributed by atoms with Gasteiger partial charge in [0.1, 0.15) is 0 Å². The van der Waals surface area contributed by atoms with Gasteiger partial charge in [-0.25, -0.2) is 0 Å². The van der Waals surface area contributed by atoms with Crippen molar-refractivity contribution in [1.29, 1.82) is 0 Å². The molecular formula is C19H24ClNO2. The molecule has 0 aliphatic rings. The molecule has 2 rings (SSSR count). The number of hydrogen-bond donors (Lipinski definition) is 1. The molecule has 1 atom stereocenters. The van der Waals surface area contributed by atoms with Gasteiger partial charge in [0.05, 0.1) is 13.2 Å². The zero-order chi connectivity index (χ0) is 16.7. The van der Waals surface area contributed by atoms with Crippen molar-refractivity contribution in [1.82, 2.24) is 0 Å². The summed E-state index contributed by atoms with van der Waals surface area (Å²) in [4.78, 5) is 0. The maximum Gasteiger partial charge on any atom is 0.161 e. The van der Waals surface area contributed by atoms with Crippen LogP contribution < -0.4 is 15.2 Å². The monoisotopic (exact) mass is 333 g/mol. The number of benzene rings is 2. The summed E-state index contributed by atoms with van der Waals surface area (Å²) in [6.07, 6.45) is 0.812. The first-order chi connectivity index (χ1) is 11.2. The zero-order valence-corrected chi connectivity index (χ0v) is 14.5. The number of hydrogen-bond acceptors (Lipinski definition) is 3. The summed E-state index contributed by atoms with van der Waals surface area (Å²) in [5.41, 5.74) is 8.23. The second kappa shape index (κ2) is 8.80. The van der Waals surface area contributed by atoms with Crippen molar-refractivity contribution in [2.45, 2.75) is 26.2 Å². The van der Waals surface area contributed by atoms with Gasteiger partial charge in [-0.2, -0.15) is 0 Å². The molecule has 0 radical (unpaired) electrons. The molecule has 3 nitrogen and oxygen atoms in total. The lowest BCUT2D eigenvalue weighted by molar-refractivity contribution is 0.287. The van der Waals surface area contributed by atoms with Gasteiger partial charge in [-0.1, -0.05) is 35.9 Å². The summed E-state index contributed by atoms with van der Waals surface area (Å²) in [6, 6.07) is 13.9. The van der Waals surface area contributed by atoms with E-state index in [9.17, 15) is 0 Å². The van der Waals surface area contributed by atoms with Crippen LogP contribution >= 0.6 is 11.6 Å². The van der Waals surface area contributed by atoms with Crippen LogP contribution in [0.15, 0.2) is 42.5 Å². The maximum absolute atomic E-state index is 6.31. The quantitative estimate of drug-likeness (QED) is 0.777.